The van der Waals surface area contributed by atoms with Gasteiger partial charge in [0.2, 0.25) is 0 Å². The summed E-state index contributed by atoms with van der Waals surface area (Å²) in [6, 6.07) is 25.4. The van der Waals surface area contributed by atoms with E-state index in [9.17, 15) is 0 Å². The third kappa shape index (κ3) is 6.23. The van der Waals surface area contributed by atoms with Crippen molar-refractivity contribution in [1.29, 1.82) is 0 Å². The Morgan fingerprint density at radius 2 is 0.547 bits per heavy atom. The van der Waals surface area contributed by atoms with Gasteiger partial charge >= 0.3 is 0 Å². The van der Waals surface area contributed by atoms with Crippen LogP contribution in [0.3, 0.4) is 0 Å². The number of hydrogen-bond donors (Lipinski definition) is 4. The summed E-state index contributed by atoms with van der Waals surface area (Å²) in [7, 11) is 0. The molecule has 0 saturated carbocycles. The molecule has 8 bridgehead atoms. The lowest BCUT2D eigenvalue weighted by atomic mass is 9.96. The molecule has 4 N–H and O–H groups in total. The minimum atomic E-state index is 0.753. The Bertz CT molecular complexity index is 3120. The second-order valence-corrected chi connectivity index (χ2v) is 18.7. The molecule has 5 aliphatic heterocycles. The largest absolute Gasteiger partial charge is 0.369 e. The topological polar surface area (TPSA) is 126 Å². The highest BCUT2D eigenvalue weighted by Gasteiger charge is 2.36. The van der Waals surface area contributed by atoms with Crippen LogP contribution in [0.4, 0.5) is 46.0 Å². The van der Waals surface area contributed by atoms with E-state index in [1.165, 1.54) is 111 Å². The highest BCUT2D eigenvalue weighted by Crippen LogP contribution is 2.52. The molecule has 4 aromatic carbocycles. The van der Waals surface area contributed by atoms with Gasteiger partial charge in [0.25, 0.3) is 0 Å². The van der Waals surface area contributed by atoms with Crippen LogP contribution < -0.4 is 41.6 Å². The van der Waals surface area contributed by atoms with E-state index >= 15 is 0 Å². The van der Waals surface area contributed by atoms with Gasteiger partial charge in [0, 0.05) is 84.7 Å². The molecule has 0 aliphatic carbocycles. The molecule has 0 amide bonds. The van der Waals surface area contributed by atoms with Gasteiger partial charge in [-0.25, -0.2) is 20.0 Å². The summed E-state index contributed by atoms with van der Waals surface area (Å²) < 4.78 is 0. The van der Waals surface area contributed by atoms with Gasteiger partial charge in [0.1, 0.15) is 45.2 Å². The number of nitrogens with one attached hydrogen (secondary N) is 4. The Morgan fingerprint density at radius 3 is 0.875 bits per heavy atom. The molecule has 5 aliphatic rings. The minimum absolute atomic E-state index is 0.753. The molecule has 0 radical (unpaired) electrons. The third-order valence-electron chi connectivity index (χ3n) is 14.7. The van der Waals surface area contributed by atoms with Crippen LogP contribution in [0.15, 0.2) is 92.8 Å². The van der Waals surface area contributed by atoms with Crippen molar-refractivity contribution in [3.8, 4) is 0 Å². The maximum Gasteiger partial charge on any atom is 0.144 e. The summed E-state index contributed by atoms with van der Waals surface area (Å²) in [5.41, 5.74) is 8.72. The van der Waals surface area contributed by atoms with Crippen LogP contribution in [0, 0.1) is 0 Å². The first-order valence-electron chi connectivity index (χ1n) is 24.2. The Balaban J connectivity index is 1.24. The molecule has 9 heterocycles. The van der Waals surface area contributed by atoms with Gasteiger partial charge in [-0.2, -0.15) is 0 Å². The first kappa shape index (κ1) is 37.9. The smallest absolute Gasteiger partial charge is 0.144 e. The van der Waals surface area contributed by atoms with Crippen molar-refractivity contribution < 1.29 is 0 Å². The minimum Gasteiger partial charge on any atom is -0.369 e. The second kappa shape index (κ2) is 15.6. The summed E-state index contributed by atoms with van der Waals surface area (Å²) in [6.45, 7) is 8.41. The lowest BCUT2D eigenvalue weighted by molar-refractivity contribution is 0.555. The molecule has 12 nitrogen and oxygen atoms in total. The van der Waals surface area contributed by atoms with E-state index < -0.39 is 0 Å². The van der Waals surface area contributed by atoms with Crippen molar-refractivity contribution in [2.75, 3.05) is 72.0 Å². The van der Waals surface area contributed by atoms with Crippen molar-refractivity contribution in [3.63, 3.8) is 0 Å². The van der Waals surface area contributed by atoms with E-state index in [1.807, 2.05) is 0 Å². The molecule has 0 spiro atoms. The number of piperidine rings is 4. The predicted molar refractivity (Wildman–Crippen MR) is 261 cm³/mol. The van der Waals surface area contributed by atoms with E-state index in [0.29, 0.717) is 0 Å². The summed E-state index contributed by atoms with van der Waals surface area (Å²) in [5, 5.41) is 8.50. The highest BCUT2D eigenvalue weighted by molar-refractivity contribution is 6.15. The third-order valence-corrected chi connectivity index (χ3v) is 14.7. The molecule has 13 rings (SSSR count). The molecule has 324 valence electrons. The van der Waals surface area contributed by atoms with Gasteiger partial charge < -0.3 is 39.5 Å². The van der Waals surface area contributed by atoms with Crippen LogP contribution in [0.1, 0.15) is 77.0 Å². The second-order valence-electron chi connectivity index (χ2n) is 18.7. The van der Waals surface area contributed by atoms with E-state index in [4.69, 9.17) is 20.0 Å². The number of benzene rings is 4. The Kier molecular flexibility index (Phi) is 9.25. The standard InChI is InChI=1S/C52H56N12/c1-11-25-61(26-12-1)41-39-40(42(62-27-13-2-14-28-62)44(64-31-17-4-18-32-64)43(41)63-29-15-3-16-30-63)52-59-50-38-24-10-8-22-36(38)48(57-50)55-46-34-20-6-5-19-33(34)45(53-46)54-47-35-21-7-9-23-37(35)49(56-47)58-51(39)60-52/h5-10,19-24H,1-4,11-18,25-32H2,(H4,53,54,55,56,57,58,59,60). The zero-order valence-electron chi connectivity index (χ0n) is 36.6. The number of aromatic amines is 4. The fraction of sp³-hybridized carbons (Fsp3) is 0.385. The summed E-state index contributed by atoms with van der Waals surface area (Å²) >= 11 is 0. The number of fused-ring (bicyclic) bond motifs is 20. The van der Waals surface area contributed by atoms with Gasteiger partial charge in [-0.05, 0) is 77.0 Å². The fourth-order valence-corrected chi connectivity index (χ4v) is 11.7. The van der Waals surface area contributed by atoms with Crippen LogP contribution in [-0.2, 0) is 0 Å². The molecule has 4 fully saturated rings. The average Bonchev–Trinajstić information content (AvgIpc) is 4.10. The number of H-pyrrole nitrogens is 4. The SMILES string of the molecule is c1ccc2c3[nH]c(c2c1)N=c1[nH]c(c2ccccc12)=Nc1[nH]c(c2ccccc12)N=c1[nH]c(c2c(N4CCCCC4)c(N4CCCCC4)c(N4CCCCC4)c(N4CCCCC4)c12)=N3. The summed E-state index contributed by atoms with van der Waals surface area (Å²) in [5.74, 6) is 3.10. The van der Waals surface area contributed by atoms with Gasteiger partial charge in [-0.3, -0.25) is 0 Å². The first-order chi connectivity index (χ1) is 31.7. The van der Waals surface area contributed by atoms with Crippen molar-refractivity contribution >= 4 is 89.1 Å². The van der Waals surface area contributed by atoms with E-state index in [2.05, 4.69) is 112 Å². The Hall–Kier alpha value is -6.56. The number of rotatable bonds is 4. The van der Waals surface area contributed by atoms with Crippen LogP contribution in [-0.4, -0.2) is 72.3 Å². The van der Waals surface area contributed by atoms with Crippen molar-refractivity contribution in [2.24, 2.45) is 20.0 Å². The molecule has 12 heteroatoms. The van der Waals surface area contributed by atoms with Crippen LogP contribution in [0.25, 0.3) is 43.1 Å². The molecule has 4 saturated heterocycles. The molecule has 4 aromatic heterocycles. The predicted octanol–water partition coefficient (Wildman–Crippen LogP) is 9.69. The van der Waals surface area contributed by atoms with Crippen molar-refractivity contribution in [3.05, 3.63) is 94.7 Å². The van der Waals surface area contributed by atoms with E-state index in [-0.39, 0.29) is 0 Å². The molecular weight excluding hydrogens is 793 g/mol. The van der Waals surface area contributed by atoms with Crippen LogP contribution >= 0.6 is 0 Å². The quantitative estimate of drug-likeness (QED) is 0.141. The first-order valence-corrected chi connectivity index (χ1v) is 24.2. The van der Waals surface area contributed by atoms with Crippen LogP contribution in [0.5, 0.6) is 0 Å². The average molecular weight is 849 g/mol. The lowest BCUT2D eigenvalue weighted by Gasteiger charge is -2.43. The Labute approximate surface area is 371 Å². The highest BCUT2D eigenvalue weighted by atomic mass is 15.3. The fourth-order valence-electron chi connectivity index (χ4n) is 11.7. The van der Waals surface area contributed by atoms with Gasteiger partial charge in [0.05, 0.1) is 33.5 Å². The molecule has 0 atom stereocenters. The zero-order valence-corrected chi connectivity index (χ0v) is 36.6. The van der Waals surface area contributed by atoms with E-state index in [0.717, 1.165) is 130 Å². The number of hydrogen-bond acceptors (Lipinski definition) is 8. The number of nitrogens with zero attached hydrogens (tertiary/aromatic N) is 8. The maximum atomic E-state index is 5.77. The van der Waals surface area contributed by atoms with Gasteiger partial charge in [-0.15, -0.1) is 0 Å². The van der Waals surface area contributed by atoms with E-state index in [1.54, 1.807) is 0 Å². The molecule has 8 aromatic rings. The summed E-state index contributed by atoms with van der Waals surface area (Å²) in [6.07, 6.45) is 14.7. The molecule has 0 unspecified atom stereocenters. The zero-order chi connectivity index (χ0) is 42.1. The number of aromatic nitrogens is 4. The van der Waals surface area contributed by atoms with Gasteiger partial charge in [-0.1, -0.05) is 72.8 Å². The van der Waals surface area contributed by atoms with Crippen molar-refractivity contribution in [1.82, 2.24) is 19.9 Å². The maximum absolute atomic E-state index is 5.77. The van der Waals surface area contributed by atoms with Gasteiger partial charge in [0.15, 0.2) is 0 Å². The molecular formula is C52H56N12. The number of anilines is 4. The lowest BCUT2D eigenvalue weighted by Crippen LogP contribution is -2.40. The summed E-state index contributed by atoms with van der Waals surface area (Å²) in [4.78, 5) is 48.5. The normalized spacial score (nSPS) is 18.4. The van der Waals surface area contributed by atoms with Crippen LogP contribution in [0.2, 0.25) is 0 Å². The Morgan fingerprint density at radius 1 is 0.281 bits per heavy atom. The monoisotopic (exact) mass is 848 g/mol. The van der Waals surface area contributed by atoms with Crippen molar-refractivity contribution in [2.45, 2.75) is 77.0 Å². The molecule has 64 heavy (non-hydrogen) atoms.